The van der Waals surface area contributed by atoms with E-state index in [2.05, 4.69) is 20.8 Å². The summed E-state index contributed by atoms with van der Waals surface area (Å²) in [7, 11) is 0. The Labute approximate surface area is 200 Å². The van der Waals surface area contributed by atoms with Crippen LogP contribution in [0, 0.1) is 25.5 Å². The van der Waals surface area contributed by atoms with Crippen molar-refractivity contribution in [2.75, 3.05) is 16.8 Å². The summed E-state index contributed by atoms with van der Waals surface area (Å²) in [5.41, 5.74) is 4.58. The van der Waals surface area contributed by atoms with Crippen molar-refractivity contribution < 1.29 is 13.6 Å². The summed E-state index contributed by atoms with van der Waals surface area (Å²) in [6.07, 6.45) is 1.99. The Morgan fingerprint density at radius 3 is 2.37 bits per heavy atom. The molecule has 1 amide bonds. The number of hydrogen-bond acceptors (Lipinski definition) is 5. The zero-order valence-corrected chi connectivity index (χ0v) is 19.1. The fourth-order valence-electron chi connectivity index (χ4n) is 4.02. The van der Waals surface area contributed by atoms with Crippen LogP contribution < -0.4 is 10.2 Å². The molecule has 7 nitrogen and oxygen atoms in total. The van der Waals surface area contributed by atoms with Gasteiger partial charge in [0.25, 0.3) is 5.95 Å². The Kier molecular flexibility index (Phi) is 5.82. The Bertz CT molecular complexity index is 1410. The van der Waals surface area contributed by atoms with Crippen molar-refractivity contribution in [3.8, 4) is 0 Å². The number of allylic oxidation sites excluding steroid dienone is 1. The van der Waals surface area contributed by atoms with Crippen LogP contribution in [0.3, 0.4) is 0 Å². The van der Waals surface area contributed by atoms with Crippen LogP contribution in [-0.4, -0.2) is 32.7 Å². The van der Waals surface area contributed by atoms with E-state index in [1.165, 1.54) is 0 Å². The number of hydrogen-bond donors (Lipinski definition) is 1. The summed E-state index contributed by atoms with van der Waals surface area (Å²) in [5, 5.41) is 14.7. The van der Waals surface area contributed by atoms with Gasteiger partial charge in [0.2, 0.25) is 5.91 Å². The van der Waals surface area contributed by atoms with Gasteiger partial charge in [-0.2, -0.15) is 4.68 Å². The molecule has 4 aromatic rings. The standard InChI is InChI=1S/C26H22F2N6O/c1-16-3-7-18(8-4-16)23-14-24(19-9-5-17(2)6-10-19)34-26(30-31-32-34)33(23)15-25(35)29-22-13-20(27)11-12-21(22)28/h3-14,24H,15H2,1-2H3,(H,29,35)/t24-/m0/s1. The third kappa shape index (κ3) is 4.52. The number of fused-ring (bicyclic) bond motifs is 1. The summed E-state index contributed by atoms with van der Waals surface area (Å²) in [6.45, 7) is 3.80. The van der Waals surface area contributed by atoms with Gasteiger partial charge in [-0.25, -0.2) is 8.78 Å². The van der Waals surface area contributed by atoms with Crippen LogP contribution in [0.2, 0.25) is 0 Å². The number of rotatable bonds is 5. The molecule has 9 heteroatoms. The lowest BCUT2D eigenvalue weighted by molar-refractivity contribution is -0.114. The zero-order chi connectivity index (χ0) is 24.5. The molecule has 0 saturated carbocycles. The summed E-state index contributed by atoms with van der Waals surface area (Å²) in [6, 6.07) is 18.6. The average molecular weight is 472 g/mol. The topological polar surface area (TPSA) is 75.9 Å². The molecule has 1 aromatic heterocycles. The molecule has 5 rings (SSSR count). The number of amides is 1. The molecule has 1 aliphatic rings. The number of tetrazole rings is 1. The first-order valence-electron chi connectivity index (χ1n) is 11.0. The highest BCUT2D eigenvalue weighted by Gasteiger charge is 2.32. The number of carbonyl (C=O) groups excluding carboxylic acids is 1. The van der Waals surface area contributed by atoms with E-state index in [1.807, 2.05) is 68.5 Å². The van der Waals surface area contributed by atoms with E-state index in [4.69, 9.17) is 0 Å². The van der Waals surface area contributed by atoms with Crippen LogP contribution in [-0.2, 0) is 4.79 Å². The van der Waals surface area contributed by atoms with Crippen LogP contribution in [0.25, 0.3) is 5.70 Å². The Hall–Kier alpha value is -4.40. The molecule has 0 spiro atoms. The minimum Gasteiger partial charge on any atom is -0.322 e. The monoisotopic (exact) mass is 472 g/mol. The van der Waals surface area contributed by atoms with Gasteiger partial charge < -0.3 is 5.32 Å². The summed E-state index contributed by atoms with van der Waals surface area (Å²) >= 11 is 0. The summed E-state index contributed by atoms with van der Waals surface area (Å²) in [5.74, 6) is -1.55. The maximum Gasteiger partial charge on any atom is 0.251 e. The molecular weight excluding hydrogens is 450 g/mol. The average Bonchev–Trinajstić information content (AvgIpc) is 3.33. The summed E-state index contributed by atoms with van der Waals surface area (Å²) < 4.78 is 29.3. The van der Waals surface area contributed by atoms with Gasteiger partial charge in [0.15, 0.2) is 0 Å². The normalized spacial score (nSPS) is 14.9. The van der Waals surface area contributed by atoms with Crippen LogP contribution in [0.1, 0.15) is 28.3 Å². The maximum atomic E-state index is 14.1. The van der Waals surface area contributed by atoms with E-state index in [0.29, 0.717) is 5.95 Å². The predicted molar refractivity (Wildman–Crippen MR) is 129 cm³/mol. The molecule has 1 N–H and O–H groups in total. The number of nitrogens with one attached hydrogen (secondary N) is 1. The second-order valence-corrected chi connectivity index (χ2v) is 8.46. The number of carbonyl (C=O) groups is 1. The first kappa shape index (κ1) is 22.4. The molecule has 0 saturated heterocycles. The van der Waals surface area contributed by atoms with Gasteiger partial charge in [0.1, 0.15) is 24.2 Å². The zero-order valence-electron chi connectivity index (χ0n) is 19.1. The molecule has 35 heavy (non-hydrogen) atoms. The van der Waals surface area contributed by atoms with Crippen molar-refractivity contribution in [3.05, 3.63) is 107 Å². The van der Waals surface area contributed by atoms with Crippen molar-refractivity contribution in [1.29, 1.82) is 0 Å². The Balaban J connectivity index is 1.54. The van der Waals surface area contributed by atoms with E-state index in [9.17, 15) is 13.6 Å². The van der Waals surface area contributed by atoms with Gasteiger partial charge >= 0.3 is 0 Å². The van der Waals surface area contributed by atoms with Gasteiger partial charge in [0, 0.05) is 6.07 Å². The van der Waals surface area contributed by atoms with Crippen molar-refractivity contribution in [2.24, 2.45) is 0 Å². The first-order chi connectivity index (χ1) is 16.9. The number of nitrogens with zero attached hydrogens (tertiary/aromatic N) is 5. The lowest BCUT2D eigenvalue weighted by Gasteiger charge is -2.32. The van der Waals surface area contributed by atoms with Gasteiger partial charge in [0.05, 0.1) is 11.4 Å². The molecule has 0 aliphatic carbocycles. The highest BCUT2D eigenvalue weighted by molar-refractivity contribution is 5.97. The molecule has 0 radical (unpaired) electrons. The van der Waals surface area contributed by atoms with Crippen LogP contribution in [0.15, 0.2) is 72.8 Å². The number of benzene rings is 3. The molecule has 176 valence electrons. The van der Waals surface area contributed by atoms with Gasteiger partial charge in [-0.15, -0.1) is 0 Å². The van der Waals surface area contributed by atoms with Gasteiger partial charge in [-0.1, -0.05) is 64.8 Å². The molecule has 0 unspecified atom stereocenters. The third-order valence-corrected chi connectivity index (χ3v) is 5.86. The number of aryl methyl sites for hydroxylation is 2. The lowest BCUT2D eigenvalue weighted by atomic mass is 9.99. The highest BCUT2D eigenvalue weighted by atomic mass is 19.1. The lowest BCUT2D eigenvalue weighted by Crippen LogP contribution is -2.37. The molecule has 2 heterocycles. The van der Waals surface area contributed by atoms with Crippen molar-refractivity contribution in [2.45, 2.75) is 19.9 Å². The third-order valence-electron chi connectivity index (χ3n) is 5.86. The van der Waals surface area contributed by atoms with Crippen LogP contribution in [0.5, 0.6) is 0 Å². The minimum absolute atomic E-state index is 0.212. The maximum absolute atomic E-state index is 14.1. The number of anilines is 2. The van der Waals surface area contributed by atoms with E-state index in [0.717, 1.165) is 46.1 Å². The Morgan fingerprint density at radius 1 is 0.971 bits per heavy atom. The SMILES string of the molecule is Cc1ccc(C2=C[C@@H](c3ccc(C)cc3)n3nnnc3N2CC(=O)Nc2cc(F)ccc2F)cc1. The largest absolute Gasteiger partial charge is 0.322 e. The Morgan fingerprint density at radius 2 is 1.66 bits per heavy atom. The van der Waals surface area contributed by atoms with E-state index in [-0.39, 0.29) is 18.3 Å². The molecule has 0 fully saturated rings. The molecule has 1 aliphatic heterocycles. The van der Waals surface area contributed by atoms with E-state index < -0.39 is 17.5 Å². The minimum atomic E-state index is -0.725. The fraction of sp³-hybridized carbons (Fsp3) is 0.154. The second-order valence-electron chi connectivity index (χ2n) is 8.46. The number of aromatic nitrogens is 4. The van der Waals surface area contributed by atoms with E-state index >= 15 is 0 Å². The predicted octanol–water partition coefficient (Wildman–Crippen LogP) is 4.66. The van der Waals surface area contributed by atoms with Crippen molar-refractivity contribution in [1.82, 2.24) is 20.2 Å². The summed E-state index contributed by atoms with van der Waals surface area (Å²) in [4.78, 5) is 14.6. The molecular formula is C26H22F2N6O. The first-order valence-corrected chi connectivity index (χ1v) is 11.0. The highest BCUT2D eigenvalue weighted by Crippen LogP contribution is 2.36. The molecule has 1 atom stereocenters. The molecule has 3 aromatic carbocycles. The van der Waals surface area contributed by atoms with Gasteiger partial charge in [-0.05, 0) is 53.6 Å². The van der Waals surface area contributed by atoms with Crippen molar-refractivity contribution in [3.63, 3.8) is 0 Å². The second kappa shape index (κ2) is 9.09. The van der Waals surface area contributed by atoms with E-state index in [1.54, 1.807) is 9.58 Å². The van der Waals surface area contributed by atoms with Crippen LogP contribution >= 0.6 is 0 Å². The fourth-order valence-corrected chi connectivity index (χ4v) is 4.02. The molecule has 0 bridgehead atoms. The van der Waals surface area contributed by atoms with Gasteiger partial charge in [-0.3, -0.25) is 9.69 Å². The smallest absolute Gasteiger partial charge is 0.251 e. The van der Waals surface area contributed by atoms with Crippen LogP contribution in [0.4, 0.5) is 20.4 Å². The quantitative estimate of drug-likeness (QED) is 0.457. The number of halogens is 2. The van der Waals surface area contributed by atoms with Crippen molar-refractivity contribution >= 4 is 23.2 Å².